The average molecular weight is 404 g/mol. The number of aromatic nitrogens is 4. The maximum Gasteiger partial charge on any atom is 0.280 e. The topological polar surface area (TPSA) is 51.4 Å². The van der Waals surface area contributed by atoms with E-state index < -0.39 is 0 Å². The molecular formula is C25H20N6. The van der Waals surface area contributed by atoms with Crippen LogP contribution in [0.4, 0.5) is 11.4 Å². The second-order valence-electron chi connectivity index (χ2n) is 6.84. The van der Waals surface area contributed by atoms with Crippen molar-refractivity contribution in [3.05, 3.63) is 127 Å². The molecule has 0 fully saturated rings. The Morgan fingerprint density at radius 1 is 0.645 bits per heavy atom. The summed E-state index contributed by atoms with van der Waals surface area (Å²) >= 11 is 0. The molecule has 0 amide bonds. The summed E-state index contributed by atoms with van der Waals surface area (Å²) in [7, 11) is 0. The summed E-state index contributed by atoms with van der Waals surface area (Å²) in [6.45, 7) is 0. The van der Waals surface area contributed by atoms with E-state index in [1.165, 1.54) is 0 Å². The number of para-hydroxylation sites is 4. The van der Waals surface area contributed by atoms with Crippen LogP contribution in [0.3, 0.4) is 0 Å². The normalized spacial score (nSPS) is 11.4. The van der Waals surface area contributed by atoms with E-state index >= 15 is 0 Å². The van der Waals surface area contributed by atoms with Crippen LogP contribution >= 0.6 is 0 Å². The van der Waals surface area contributed by atoms with Gasteiger partial charge >= 0.3 is 0 Å². The predicted octanol–water partition coefficient (Wildman–Crippen LogP) is 3.76. The smallest absolute Gasteiger partial charge is 0.273 e. The number of tetrazole rings is 1. The van der Waals surface area contributed by atoms with E-state index in [0.29, 0.717) is 5.62 Å². The minimum absolute atomic E-state index is 0.461. The Hall–Kier alpha value is -4.45. The zero-order valence-electron chi connectivity index (χ0n) is 16.7. The van der Waals surface area contributed by atoms with Crippen molar-refractivity contribution in [2.75, 3.05) is 5.01 Å². The first-order chi connectivity index (χ1) is 15.4. The minimum Gasteiger partial charge on any atom is -0.273 e. The Bertz CT molecular complexity index is 1270. The zero-order valence-corrected chi connectivity index (χ0v) is 16.7. The van der Waals surface area contributed by atoms with Crippen LogP contribution in [0.5, 0.6) is 0 Å². The Kier molecular flexibility index (Phi) is 5.10. The molecule has 1 aromatic heterocycles. The fourth-order valence-electron chi connectivity index (χ4n) is 3.23. The third kappa shape index (κ3) is 4.00. The highest BCUT2D eigenvalue weighted by atomic mass is 15.7. The molecule has 5 rings (SSSR count). The maximum absolute atomic E-state index is 4.92. The van der Waals surface area contributed by atoms with Gasteiger partial charge < -0.3 is 0 Å². The molecule has 1 heterocycles. The highest BCUT2D eigenvalue weighted by Crippen LogP contribution is 2.24. The highest BCUT2D eigenvalue weighted by molar-refractivity contribution is 5.61. The Morgan fingerprint density at radius 3 is 1.68 bits per heavy atom. The Labute approximate surface area is 179 Å². The molecule has 150 valence electrons. The summed E-state index contributed by atoms with van der Waals surface area (Å²) in [5, 5.41) is 16.2. The third-order valence-corrected chi connectivity index (χ3v) is 4.73. The molecule has 0 spiro atoms. The van der Waals surface area contributed by atoms with Gasteiger partial charge in [0.2, 0.25) is 0 Å². The lowest BCUT2D eigenvalue weighted by Gasteiger charge is -2.21. The zero-order chi connectivity index (χ0) is 20.9. The van der Waals surface area contributed by atoms with Crippen molar-refractivity contribution < 1.29 is 4.80 Å². The molecule has 0 radical (unpaired) electrons. The molecule has 6 heteroatoms. The first kappa shape index (κ1) is 18.6. The maximum atomic E-state index is 4.92. The van der Waals surface area contributed by atoms with Gasteiger partial charge in [0, 0.05) is 5.21 Å². The molecule has 0 saturated heterocycles. The van der Waals surface area contributed by atoms with Gasteiger partial charge in [-0.15, -0.1) is 9.78 Å². The van der Waals surface area contributed by atoms with Gasteiger partial charge in [0.25, 0.3) is 5.62 Å². The largest absolute Gasteiger partial charge is 0.280 e. The van der Waals surface area contributed by atoms with Crippen LogP contribution in [0.2, 0.25) is 0 Å². The standard InChI is InChI=1S/C25H20N6/c1-5-13-21(14-6-1)29(22-15-7-2-8-16-22)26-25-27-31(24-19-11-4-12-20-24)28-30(25)23-17-9-3-10-18-23/h1-20H/b26-25+. The van der Waals surface area contributed by atoms with E-state index in [1.807, 2.05) is 126 Å². The van der Waals surface area contributed by atoms with Crippen molar-refractivity contribution in [2.45, 2.75) is 0 Å². The predicted molar refractivity (Wildman–Crippen MR) is 119 cm³/mol. The van der Waals surface area contributed by atoms with Gasteiger partial charge in [-0.25, -0.2) is 5.10 Å². The number of anilines is 2. The number of benzene rings is 4. The van der Waals surface area contributed by atoms with Crippen molar-refractivity contribution in [1.82, 2.24) is 15.0 Å². The SMILES string of the molecule is c1ccc(N(/N=c2\[n-][n+](-c3ccccc3)nn2-c2ccccc2)c2ccccc2)cc1. The van der Waals surface area contributed by atoms with Gasteiger partial charge in [-0.05, 0) is 48.5 Å². The van der Waals surface area contributed by atoms with E-state index in [-0.39, 0.29) is 0 Å². The lowest BCUT2D eigenvalue weighted by atomic mass is 10.2. The second kappa shape index (κ2) is 8.51. The van der Waals surface area contributed by atoms with Crippen molar-refractivity contribution >= 4 is 11.4 Å². The molecule has 0 bridgehead atoms. The van der Waals surface area contributed by atoms with Crippen molar-refractivity contribution in [2.24, 2.45) is 5.10 Å². The number of rotatable bonds is 5. The molecule has 0 aliphatic heterocycles. The molecule has 6 nitrogen and oxygen atoms in total. The van der Waals surface area contributed by atoms with Gasteiger partial charge in [0.15, 0.2) is 5.69 Å². The minimum atomic E-state index is 0.461. The molecule has 4 aromatic carbocycles. The van der Waals surface area contributed by atoms with E-state index in [1.54, 1.807) is 9.48 Å². The number of hydrogen-bond acceptors (Lipinski definition) is 3. The summed E-state index contributed by atoms with van der Waals surface area (Å²) < 4.78 is 1.74. The molecule has 0 unspecified atom stereocenters. The molecule has 31 heavy (non-hydrogen) atoms. The summed E-state index contributed by atoms with van der Waals surface area (Å²) in [4.78, 5) is 1.60. The van der Waals surface area contributed by atoms with Gasteiger partial charge in [0.1, 0.15) is 5.69 Å². The summed E-state index contributed by atoms with van der Waals surface area (Å²) in [6.07, 6.45) is 0. The van der Waals surface area contributed by atoms with Gasteiger partial charge in [-0.3, -0.25) is 5.01 Å². The van der Waals surface area contributed by atoms with Crippen LogP contribution in [-0.2, 0) is 0 Å². The van der Waals surface area contributed by atoms with Crippen LogP contribution in [0.25, 0.3) is 11.4 Å². The Balaban J connectivity index is 1.72. The number of hydrogen-bond donors (Lipinski definition) is 0. The number of nitrogens with zero attached hydrogens (tertiary/aromatic N) is 6. The molecule has 0 atom stereocenters. The average Bonchev–Trinajstić information content (AvgIpc) is 3.29. The molecular weight excluding hydrogens is 384 g/mol. The van der Waals surface area contributed by atoms with Crippen LogP contribution in [0.15, 0.2) is 126 Å². The summed E-state index contributed by atoms with van der Waals surface area (Å²) in [5.41, 5.74) is 4.07. The molecule has 0 aliphatic carbocycles. The van der Waals surface area contributed by atoms with E-state index in [9.17, 15) is 0 Å². The van der Waals surface area contributed by atoms with Gasteiger partial charge in [-0.2, -0.15) is 0 Å². The molecule has 0 saturated carbocycles. The molecule has 5 aromatic rings. The van der Waals surface area contributed by atoms with Crippen molar-refractivity contribution in [3.63, 3.8) is 0 Å². The first-order valence-corrected chi connectivity index (χ1v) is 10.0. The van der Waals surface area contributed by atoms with Crippen molar-refractivity contribution in [3.8, 4) is 11.4 Å². The Morgan fingerprint density at radius 2 is 1.13 bits per heavy atom. The van der Waals surface area contributed by atoms with E-state index in [0.717, 1.165) is 22.7 Å². The van der Waals surface area contributed by atoms with Crippen LogP contribution in [-0.4, -0.2) is 9.90 Å². The van der Waals surface area contributed by atoms with Crippen LogP contribution in [0, 0.1) is 0 Å². The van der Waals surface area contributed by atoms with Crippen LogP contribution < -0.4 is 20.5 Å². The van der Waals surface area contributed by atoms with Crippen LogP contribution in [0.1, 0.15) is 0 Å². The van der Waals surface area contributed by atoms with Crippen molar-refractivity contribution in [1.29, 1.82) is 0 Å². The van der Waals surface area contributed by atoms with Gasteiger partial charge in [0.05, 0.1) is 11.4 Å². The van der Waals surface area contributed by atoms with E-state index in [2.05, 4.69) is 0 Å². The third-order valence-electron chi connectivity index (χ3n) is 4.73. The fourth-order valence-corrected chi connectivity index (χ4v) is 3.23. The lowest BCUT2D eigenvalue weighted by molar-refractivity contribution is -0.723. The molecule has 0 N–H and O–H groups in total. The lowest BCUT2D eigenvalue weighted by Crippen LogP contribution is -2.40. The fraction of sp³-hybridized carbons (Fsp3) is 0. The quantitative estimate of drug-likeness (QED) is 0.331. The van der Waals surface area contributed by atoms with E-state index in [4.69, 9.17) is 15.4 Å². The van der Waals surface area contributed by atoms with Gasteiger partial charge in [-0.1, -0.05) is 77.6 Å². The second-order valence-corrected chi connectivity index (χ2v) is 6.84. The highest BCUT2D eigenvalue weighted by Gasteiger charge is 2.13. The summed E-state index contributed by atoms with van der Waals surface area (Å²) in [6, 6.07) is 39.7. The molecule has 0 aliphatic rings. The first-order valence-electron chi connectivity index (χ1n) is 10.0. The monoisotopic (exact) mass is 404 g/mol. The summed E-state index contributed by atoms with van der Waals surface area (Å²) in [5.74, 6) is 0.